The summed E-state index contributed by atoms with van der Waals surface area (Å²) in [6, 6.07) is 13.5. The summed E-state index contributed by atoms with van der Waals surface area (Å²) in [7, 11) is 1.65. The van der Waals surface area contributed by atoms with Gasteiger partial charge in [-0.25, -0.2) is 0 Å². The van der Waals surface area contributed by atoms with Crippen LogP contribution in [0.5, 0.6) is 5.75 Å². The molecule has 0 amide bonds. The Morgan fingerprint density at radius 1 is 1.14 bits per heavy atom. The maximum absolute atomic E-state index is 10.6. The molecule has 4 heteroatoms. The first kappa shape index (κ1) is 14.9. The number of hydrogen-bond acceptors (Lipinski definition) is 3. The summed E-state index contributed by atoms with van der Waals surface area (Å²) < 4.78 is 5.32. The van der Waals surface area contributed by atoms with E-state index in [1.54, 1.807) is 7.11 Å². The van der Waals surface area contributed by atoms with Gasteiger partial charge in [0.25, 0.3) is 0 Å². The van der Waals surface area contributed by atoms with Gasteiger partial charge < -0.3 is 15.2 Å². The van der Waals surface area contributed by atoms with E-state index in [-0.39, 0.29) is 6.42 Å². The molecule has 110 valence electrons. The van der Waals surface area contributed by atoms with E-state index < -0.39 is 5.97 Å². The van der Waals surface area contributed by atoms with E-state index in [1.807, 2.05) is 49.4 Å². The van der Waals surface area contributed by atoms with Crippen molar-refractivity contribution in [2.45, 2.75) is 19.9 Å². The summed E-state index contributed by atoms with van der Waals surface area (Å²) in [4.78, 5) is 10.6. The van der Waals surface area contributed by atoms with E-state index in [0.717, 1.165) is 28.1 Å². The summed E-state index contributed by atoms with van der Waals surface area (Å²) in [6.07, 6.45) is 0.0550. The Morgan fingerprint density at radius 3 is 2.43 bits per heavy atom. The van der Waals surface area contributed by atoms with Gasteiger partial charge in [0.2, 0.25) is 0 Å². The van der Waals surface area contributed by atoms with Crippen molar-refractivity contribution >= 4 is 11.7 Å². The Hall–Kier alpha value is -2.49. The third-order valence-electron chi connectivity index (χ3n) is 3.22. The largest absolute Gasteiger partial charge is 0.495 e. The van der Waals surface area contributed by atoms with Crippen molar-refractivity contribution in [2.75, 3.05) is 12.4 Å². The monoisotopic (exact) mass is 285 g/mol. The smallest absolute Gasteiger partial charge is 0.307 e. The maximum atomic E-state index is 10.6. The predicted molar refractivity (Wildman–Crippen MR) is 82.8 cm³/mol. The van der Waals surface area contributed by atoms with Crippen molar-refractivity contribution in [3.8, 4) is 5.75 Å². The molecular weight excluding hydrogens is 266 g/mol. The third kappa shape index (κ3) is 4.24. The first-order valence-electron chi connectivity index (χ1n) is 6.76. The van der Waals surface area contributed by atoms with E-state index in [9.17, 15) is 4.79 Å². The second-order valence-electron chi connectivity index (χ2n) is 4.94. The molecule has 0 saturated carbocycles. The average molecular weight is 285 g/mol. The Kier molecular flexibility index (Phi) is 4.82. The van der Waals surface area contributed by atoms with E-state index in [4.69, 9.17) is 9.84 Å². The number of benzene rings is 2. The molecule has 0 aliphatic carbocycles. The number of carboxylic acid groups (broad SMARTS) is 1. The molecular formula is C17H19NO3. The van der Waals surface area contributed by atoms with Gasteiger partial charge in [-0.3, -0.25) is 4.79 Å². The van der Waals surface area contributed by atoms with Gasteiger partial charge in [0.05, 0.1) is 19.2 Å². The standard InChI is InChI=1S/C17H19NO3/c1-12-3-8-16(21-2)15(9-12)18-11-14-6-4-13(5-7-14)10-17(19)20/h3-9,18H,10-11H2,1-2H3,(H,19,20). The molecule has 4 nitrogen and oxygen atoms in total. The van der Waals surface area contributed by atoms with Crippen LogP contribution in [0.1, 0.15) is 16.7 Å². The van der Waals surface area contributed by atoms with Crippen LogP contribution in [0.3, 0.4) is 0 Å². The molecule has 0 bridgehead atoms. The number of hydrogen-bond donors (Lipinski definition) is 2. The van der Waals surface area contributed by atoms with Crippen molar-refractivity contribution in [2.24, 2.45) is 0 Å². The molecule has 0 saturated heterocycles. The minimum atomic E-state index is -0.814. The summed E-state index contributed by atoms with van der Waals surface area (Å²) in [5.41, 5.74) is 4.01. The quantitative estimate of drug-likeness (QED) is 0.855. The van der Waals surface area contributed by atoms with Crippen molar-refractivity contribution in [3.05, 3.63) is 59.2 Å². The Morgan fingerprint density at radius 2 is 1.81 bits per heavy atom. The van der Waals surface area contributed by atoms with Crippen LogP contribution in [-0.2, 0) is 17.8 Å². The van der Waals surface area contributed by atoms with Crippen LogP contribution >= 0.6 is 0 Å². The van der Waals surface area contributed by atoms with Gasteiger partial charge in [0, 0.05) is 6.54 Å². The van der Waals surface area contributed by atoms with E-state index in [2.05, 4.69) is 5.32 Å². The van der Waals surface area contributed by atoms with Crippen LogP contribution in [0.4, 0.5) is 5.69 Å². The Balaban J connectivity index is 2.03. The predicted octanol–water partition coefficient (Wildman–Crippen LogP) is 3.24. The van der Waals surface area contributed by atoms with Gasteiger partial charge in [-0.15, -0.1) is 0 Å². The van der Waals surface area contributed by atoms with E-state index in [0.29, 0.717) is 6.54 Å². The molecule has 2 N–H and O–H groups in total. The molecule has 0 heterocycles. The SMILES string of the molecule is COc1ccc(C)cc1NCc1ccc(CC(=O)O)cc1. The second kappa shape index (κ2) is 6.79. The average Bonchev–Trinajstić information content (AvgIpc) is 2.46. The highest BCUT2D eigenvalue weighted by molar-refractivity contribution is 5.70. The van der Waals surface area contributed by atoms with Crippen LogP contribution in [0, 0.1) is 6.92 Å². The van der Waals surface area contributed by atoms with Gasteiger partial charge in [-0.1, -0.05) is 30.3 Å². The molecule has 2 aromatic carbocycles. The highest BCUT2D eigenvalue weighted by atomic mass is 16.5. The first-order valence-corrected chi connectivity index (χ1v) is 6.76. The second-order valence-corrected chi connectivity index (χ2v) is 4.94. The van der Waals surface area contributed by atoms with Crippen molar-refractivity contribution in [1.29, 1.82) is 0 Å². The number of rotatable bonds is 6. The molecule has 0 aromatic heterocycles. The Labute approximate surface area is 124 Å². The normalized spacial score (nSPS) is 10.2. The highest BCUT2D eigenvalue weighted by Crippen LogP contribution is 2.25. The zero-order valence-electron chi connectivity index (χ0n) is 12.2. The third-order valence-corrected chi connectivity index (χ3v) is 3.22. The number of nitrogens with one attached hydrogen (secondary N) is 1. The van der Waals surface area contributed by atoms with Gasteiger partial charge >= 0.3 is 5.97 Å². The topological polar surface area (TPSA) is 58.6 Å². The number of carboxylic acids is 1. The molecule has 2 aromatic rings. The fourth-order valence-corrected chi connectivity index (χ4v) is 2.11. The lowest BCUT2D eigenvalue weighted by Crippen LogP contribution is -2.03. The Bertz CT molecular complexity index is 620. The van der Waals surface area contributed by atoms with Gasteiger partial charge in [-0.05, 0) is 35.7 Å². The number of aryl methyl sites for hydroxylation is 1. The molecule has 2 rings (SSSR count). The molecule has 0 unspecified atom stereocenters. The molecule has 0 spiro atoms. The molecule has 0 aliphatic heterocycles. The fourth-order valence-electron chi connectivity index (χ4n) is 2.11. The molecule has 0 radical (unpaired) electrons. The van der Waals surface area contributed by atoms with Gasteiger partial charge in [0.1, 0.15) is 5.75 Å². The molecule has 21 heavy (non-hydrogen) atoms. The van der Waals surface area contributed by atoms with Gasteiger partial charge in [0.15, 0.2) is 0 Å². The van der Waals surface area contributed by atoms with Crippen molar-refractivity contribution in [3.63, 3.8) is 0 Å². The zero-order chi connectivity index (χ0) is 15.2. The van der Waals surface area contributed by atoms with E-state index in [1.165, 1.54) is 0 Å². The van der Waals surface area contributed by atoms with Crippen molar-refractivity contribution in [1.82, 2.24) is 0 Å². The number of ether oxygens (including phenoxy) is 1. The number of aliphatic carboxylic acids is 1. The number of methoxy groups -OCH3 is 1. The molecule has 0 aliphatic rings. The van der Waals surface area contributed by atoms with Crippen LogP contribution in [0.15, 0.2) is 42.5 Å². The van der Waals surface area contributed by atoms with Crippen LogP contribution in [0.2, 0.25) is 0 Å². The molecule has 0 fully saturated rings. The summed E-state index contributed by atoms with van der Waals surface area (Å²) in [5.74, 6) is -0.00605. The number of anilines is 1. The van der Waals surface area contributed by atoms with E-state index >= 15 is 0 Å². The highest BCUT2D eigenvalue weighted by Gasteiger charge is 2.04. The molecule has 0 atom stereocenters. The lowest BCUT2D eigenvalue weighted by atomic mass is 10.1. The maximum Gasteiger partial charge on any atom is 0.307 e. The number of carbonyl (C=O) groups is 1. The van der Waals surface area contributed by atoms with Crippen molar-refractivity contribution < 1.29 is 14.6 Å². The summed E-state index contributed by atoms with van der Waals surface area (Å²) >= 11 is 0. The minimum absolute atomic E-state index is 0.0550. The lowest BCUT2D eigenvalue weighted by molar-refractivity contribution is -0.136. The van der Waals surface area contributed by atoms with Gasteiger partial charge in [-0.2, -0.15) is 0 Å². The zero-order valence-corrected chi connectivity index (χ0v) is 12.2. The van der Waals surface area contributed by atoms with Crippen LogP contribution < -0.4 is 10.1 Å². The summed E-state index contributed by atoms with van der Waals surface area (Å²) in [6.45, 7) is 2.69. The minimum Gasteiger partial charge on any atom is -0.495 e. The fraction of sp³-hybridized carbons (Fsp3) is 0.235. The van der Waals surface area contributed by atoms with Crippen LogP contribution in [0.25, 0.3) is 0 Å². The lowest BCUT2D eigenvalue weighted by Gasteiger charge is -2.12. The van der Waals surface area contributed by atoms with Crippen LogP contribution in [-0.4, -0.2) is 18.2 Å². The first-order chi connectivity index (χ1) is 10.1. The summed E-state index contributed by atoms with van der Waals surface area (Å²) in [5, 5.41) is 12.1.